The molecule has 1 aromatic carbocycles. The molecular weight excluding hydrogens is 390 g/mol. The van der Waals surface area contributed by atoms with Crippen LogP contribution in [-0.4, -0.2) is 34.7 Å². The Labute approximate surface area is 133 Å². The first-order valence-corrected chi connectivity index (χ1v) is 7.44. The minimum Gasteiger partial charge on any atom is -0.483 e. The molecule has 1 aromatic heterocycles. The van der Waals surface area contributed by atoms with Crippen LogP contribution in [-0.2, 0) is 11.3 Å². The Bertz CT molecular complexity index is 587. The number of carbonyl (C=O) groups excluding carboxylic acids is 1. The maximum absolute atomic E-state index is 12.0. The number of rotatable bonds is 5. The summed E-state index contributed by atoms with van der Waals surface area (Å²) in [7, 11) is 1.73. The fraction of sp³-hybridized carbons (Fsp3) is 0.231. The summed E-state index contributed by atoms with van der Waals surface area (Å²) in [6.07, 6.45) is 3.45. The minimum absolute atomic E-state index is 0.00537. The second-order valence-corrected chi connectivity index (χ2v) is 5.99. The lowest BCUT2D eigenvalue weighted by Crippen LogP contribution is -2.30. The number of amides is 1. The Morgan fingerprint density at radius 3 is 2.90 bits per heavy atom. The van der Waals surface area contributed by atoms with Gasteiger partial charge in [-0.1, -0.05) is 15.9 Å². The zero-order valence-electron chi connectivity index (χ0n) is 10.8. The molecule has 1 heterocycles. The summed E-state index contributed by atoms with van der Waals surface area (Å²) in [5, 5.41) is 6.56. The number of nitrogens with zero attached hydrogens (tertiary/aromatic N) is 2. The first-order valence-electron chi connectivity index (χ1n) is 5.85. The van der Waals surface area contributed by atoms with Crippen molar-refractivity contribution in [1.82, 2.24) is 15.1 Å². The summed E-state index contributed by atoms with van der Waals surface area (Å²) in [5.74, 6) is 0.541. The van der Waals surface area contributed by atoms with E-state index in [-0.39, 0.29) is 12.5 Å². The molecule has 5 nitrogen and oxygen atoms in total. The van der Waals surface area contributed by atoms with Crippen LogP contribution >= 0.6 is 31.9 Å². The molecule has 2 rings (SSSR count). The van der Waals surface area contributed by atoms with E-state index in [1.54, 1.807) is 30.4 Å². The number of benzene rings is 1. The van der Waals surface area contributed by atoms with Gasteiger partial charge in [0.2, 0.25) is 0 Å². The van der Waals surface area contributed by atoms with Crippen LogP contribution in [0.15, 0.2) is 39.5 Å². The van der Waals surface area contributed by atoms with Gasteiger partial charge in [-0.25, -0.2) is 0 Å². The van der Waals surface area contributed by atoms with Crippen LogP contribution in [0.2, 0.25) is 0 Å². The Morgan fingerprint density at radius 2 is 2.25 bits per heavy atom. The third kappa shape index (κ3) is 4.08. The van der Waals surface area contributed by atoms with Gasteiger partial charge in [-0.15, -0.1) is 0 Å². The number of ether oxygens (including phenoxy) is 1. The van der Waals surface area contributed by atoms with E-state index in [4.69, 9.17) is 4.74 Å². The van der Waals surface area contributed by atoms with E-state index in [0.29, 0.717) is 12.3 Å². The average molecular weight is 403 g/mol. The summed E-state index contributed by atoms with van der Waals surface area (Å²) >= 11 is 6.75. The molecule has 106 valence electrons. The van der Waals surface area contributed by atoms with E-state index in [1.165, 1.54) is 0 Å². The Hall–Kier alpha value is -1.34. The van der Waals surface area contributed by atoms with Crippen LogP contribution in [0.4, 0.5) is 0 Å². The van der Waals surface area contributed by atoms with Gasteiger partial charge in [0.15, 0.2) is 6.61 Å². The molecule has 0 unspecified atom stereocenters. The molecule has 0 atom stereocenters. The quantitative estimate of drug-likeness (QED) is 0.836. The molecule has 0 saturated carbocycles. The maximum atomic E-state index is 12.0. The van der Waals surface area contributed by atoms with Crippen LogP contribution in [0.1, 0.15) is 5.56 Å². The van der Waals surface area contributed by atoms with E-state index in [9.17, 15) is 4.79 Å². The van der Waals surface area contributed by atoms with Gasteiger partial charge in [-0.3, -0.25) is 9.89 Å². The van der Waals surface area contributed by atoms with Crippen molar-refractivity contribution in [1.29, 1.82) is 0 Å². The molecule has 20 heavy (non-hydrogen) atoms. The fourth-order valence-electron chi connectivity index (χ4n) is 1.57. The molecule has 0 bridgehead atoms. The highest BCUT2D eigenvalue weighted by atomic mass is 79.9. The van der Waals surface area contributed by atoms with Crippen molar-refractivity contribution in [3.8, 4) is 5.75 Å². The largest absolute Gasteiger partial charge is 0.483 e. The van der Waals surface area contributed by atoms with Gasteiger partial charge in [0, 0.05) is 29.8 Å². The first-order chi connectivity index (χ1) is 9.56. The van der Waals surface area contributed by atoms with Crippen molar-refractivity contribution in [2.45, 2.75) is 6.54 Å². The molecule has 0 aliphatic rings. The van der Waals surface area contributed by atoms with Crippen LogP contribution in [0.3, 0.4) is 0 Å². The molecule has 0 radical (unpaired) electrons. The van der Waals surface area contributed by atoms with Crippen LogP contribution in [0.5, 0.6) is 5.75 Å². The van der Waals surface area contributed by atoms with E-state index in [1.807, 2.05) is 12.1 Å². The smallest absolute Gasteiger partial charge is 0.260 e. The highest BCUT2D eigenvalue weighted by Gasteiger charge is 2.11. The Kier molecular flexibility index (Phi) is 5.19. The molecule has 0 spiro atoms. The number of aromatic amines is 1. The lowest BCUT2D eigenvalue weighted by molar-refractivity contribution is -0.132. The molecular formula is C13H13Br2N3O2. The highest BCUT2D eigenvalue weighted by molar-refractivity contribution is 9.11. The standard InChI is InChI=1S/C13H13Br2N3O2/c1-18(7-9-5-16-17-6-9)13(19)8-20-12-3-2-10(14)4-11(12)15/h2-6H,7-8H2,1H3,(H,16,17). The van der Waals surface area contributed by atoms with Crippen LogP contribution < -0.4 is 4.74 Å². The van der Waals surface area contributed by atoms with Crippen molar-refractivity contribution in [3.63, 3.8) is 0 Å². The molecule has 0 saturated heterocycles. The number of hydrogen-bond acceptors (Lipinski definition) is 3. The lowest BCUT2D eigenvalue weighted by atomic mass is 10.3. The lowest BCUT2D eigenvalue weighted by Gasteiger charge is -2.17. The third-order valence-electron chi connectivity index (χ3n) is 2.65. The van der Waals surface area contributed by atoms with Gasteiger partial charge in [0.05, 0.1) is 10.7 Å². The maximum Gasteiger partial charge on any atom is 0.260 e. The molecule has 0 fully saturated rings. The van der Waals surface area contributed by atoms with Gasteiger partial charge in [-0.2, -0.15) is 5.10 Å². The number of carbonyl (C=O) groups is 1. The van der Waals surface area contributed by atoms with Crippen molar-refractivity contribution >= 4 is 37.8 Å². The second kappa shape index (κ2) is 6.90. The topological polar surface area (TPSA) is 58.2 Å². The van der Waals surface area contributed by atoms with Crippen molar-refractivity contribution in [2.75, 3.05) is 13.7 Å². The normalized spacial score (nSPS) is 10.3. The summed E-state index contributed by atoms with van der Waals surface area (Å²) < 4.78 is 7.26. The summed E-state index contributed by atoms with van der Waals surface area (Å²) in [6.45, 7) is 0.495. The first kappa shape index (κ1) is 15.1. The molecule has 2 aromatic rings. The fourth-order valence-corrected chi connectivity index (χ4v) is 2.73. The van der Waals surface area contributed by atoms with Crippen molar-refractivity contribution in [3.05, 3.63) is 45.1 Å². The van der Waals surface area contributed by atoms with E-state index in [0.717, 1.165) is 14.5 Å². The van der Waals surface area contributed by atoms with Gasteiger partial charge in [0.25, 0.3) is 5.91 Å². The molecule has 7 heteroatoms. The monoisotopic (exact) mass is 401 g/mol. The number of hydrogen-bond donors (Lipinski definition) is 1. The SMILES string of the molecule is CN(Cc1cn[nH]c1)C(=O)COc1ccc(Br)cc1Br. The third-order valence-corrected chi connectivity index (χ3v) is 3.76. The van der Waals surface area contributed by atoms with Gasteiger partial charge in [0.1, 0.15) is 5.75 Å². The van der Waals surface area contributed by atoms with E-state index >= 15 is 0 Å². The summed E-state index contributed by atoms with van der Waals surface area (Å²) in [4.78, 5) is 13.6. The summed E-state index contributed by atoms with van der Waals surface area (Å²) in [6, 6.07) is 5.53. The second-order valence-electron chi connectivity index (χ2n) is 4.22. The van der Waals surface area contributed by atoms with Crippen molar-refractivity contribution in [2.24, 2.45) is 0 Å². The van der Waals surface area contributed by atoms with Crippen LogP contribution in [0, 0.1) is 0 Å². The van der Waals surface area contributed by atoms with Gasteiger partial charge < -0.3 is 9.64 Å². The van der Waals surface area contributed by atoms with Gasteiger partial charge in [-0.05, 0) is 34.1 Å². The molecule has 0 aliphatic heterocycles. The zero-order valence-corrected chi connectivity index (χ0v) is 13.9. The Morgan fingerprint density at radius 1 is 1.45 bits per heavy atom. The number of halogens is 2. The predicted molar refractivity (Wildman–Crippen MR) is 82.4 cm³/mol. The van der Waals surface area contributed by atoms with Crippen molar-refractivity contribution < 1.29 is 9.53 Å². The minimum atomic E-state index is -0.0963. The molecule has 1 amide bonds. The number of H-pyrrole nitrogens is 1. The van der Waals surface area contributed by atoms with E-state index < -0.39 is 0 Å². The molecule has 1 N–H and O–H groups in total. The van der Waals surface area contributed by atoms with Gasteiger partial charge >= 0.3 is 0 Å². The highest BCUT2D eigenvalue weighted by Crippen LogP contribution is 2.28. The zero-order chi connectivity index (χ0) is 14.5. The summed E-state index contributed by atoms with van der Waals surface area (Å²) in [5.41, 5.74) is 0.950. The Balaban J connectivity index is 1.88. The number of nitrogens with one attached hydrogen (secondary N) is 1. The number of aromatic nitrogens is 2. The molecule has 0 aliphatic carbocycles. The number of likely N-dealkylation sites (N-methyl/N-ethyl adjacent to an activating group) is 1. The predicted octanol–water partition coefficient (Wildman–Crippen LogP) is 2.97. The average Bonchev–Trinajstić information content (AvgIpc) is 2.90. The van der Waals surface area contributed by atoms with Crippen LogP contribution in [0.25, 0.3) is 0 Å². The van der Waals surface area contributed by atoms with E-state index in [2.05, 4.69) is 42.1 Å².